The van der Waals surface area contributed by atoms with Gasteiger partial charge in [0.2, 0.25) is 11.8 Å². The zero-order valence-corrected chi connectivity index (χ0v) is 14.3. The van der Waals surface area contributed by atoms with Crippen LogP contribution in [0, 0.1) is 18.3 Å². The topological polar surface area (TPSA) is 89.8 Å². The predicted molar refractivity (Wildman–Crippen MR) is 96.0 cm³/mol. The van der Waals surface area contributed by atoms with Crippen molar-refractivity contribution in [2.24, 2.45) is 5.73 Å². The number of nitriles is 1. The highest BCUT2D eigenvalue weighted by Gasteiger charge is 2.35. The van der Waals surface area contributed by atoms with Gasteiger partial charge in [-0.15, -0.1) is 0 Å². The van der Waals surface area contributed by atoms with E-state index in [0.717, 1.165) is 22.4 Å². The standard InChI is InChI=1S/C20H17N5O/c1-13-17-18(15-8-5-9-23-11-15)16(10-21)19(22)26-20(17)25(24-13)12-14-6-3-2-4-7-14/h2-9,11,18H,12,22H2,1H3/t18-/m1/s1. The van der Waals surface area contributed by atoms with Gasteiger partial charge < -0.3 is 10.5 Å². The number of fused-ring (bicyclic) bond motifs is 1. The van der Waals surface area contributed by atoms with E-state index >= 15 is 0 Å². The molecule has 0 fully saturated rings. The molecule has 0 bridgehead atoms. The molecule has 4 rings (SSSR count). The fourth-order valence-corrected chi connectivity index (χ4v) is 3.32. The first kappa shape index (κ1) is 15.9. The van der Waals surface area contributed by atoms with Crippen molar-refractivity contribution >= 4 is 0 Å². The maximum atomic E-state index is 9.64. The molecule has 128 valence electrons. The smallest absolute Gasteiger partial charge is 0.224 e. The summed E-state index contributed by atoms with van der Waals surface area (Å²) in [7, 11) is 0. The van der Waals surface area contributed by atoms with Crippen LogP contribution in [0.2, 0.25) is 0 Å². The summed E-state index contributed by atoms with van der Waals surface area (Å²) >= 11 is 0. The Hall–Kier alpha value is -3.59. The third-order valence-corrected chi connectivity index (χ3v) is 4.49. The number of pyridine rings is 1. The van der Waals surface area contributed by atoms with Crippen LogP contribution in [0.3, 0.4) is 0 Å². The van der Waals surface area contributed by atoms with Gasteiger partial charge in [0.05, 0.1) is 23.7 Å². The maximum Gasteiger partial charge on any atom is 0.224 e. The molecule has 3 aromatic rings. The second kappa shape index (κ2) is 6.37. The molecule has 1 aliphatic rings. The van der Waals surface area contributed by atoms with Crippen LogP contribution in [0.4, 0.5) is 0 Å². The monoisotopic (exact) mass is 343 g/mol. The fourth-order valence-electron chi connectivity index (χ4n) is 3.32. The number of nitrogens with two attached hydrogens (primary N) is 1. The molecule has 0 unspecified atom stereocenters. The van der Waals surface area contributed by atoms with Crippen LogP contribution in [0.1, 0.15) is 28.3 Å². The van der Waals surface area contributed by atoms with E-state index in [9.17, 15) is 5.26 Å². The Morgan fingerprint density at radius 3 is 2.73 bits per heavy atom. The number of allylic oxidation sites excluding steroid dienone is 1. The molecule has 2 aromatic heterocycles. The average molecular weight is 343 g/mol. The minimum Gasteiger partial charge on any atom is -0.422 e. The summed E-state index contributed by atoms with van der Waals surface area (Å²) in [4.78, 5) is 4.19. The lowest BCUT2D eigenvalue weighted by Gasteiger charge is -2.24. The van der Waals surface area contributed by atoms with Gasteiger partial charge in [0.1, 0.15) is 11.6 Å². The number of hydrogen-bond acceptors (Lipinski definition) is 5. The molecular weight excluding hydrogens is 326 g/mol. The molecule has 1 aliphatic heterocycles. The SMILES string of the molecule is Cc1nn(Cc2ccccc2)c2c1[C@H](c1cccnc1)C(C#N)=C(N)O2. The zero-order chi connectivity index (χ0) is 18.1. The summed E-state index contributed by atoms with van der Waals surface area (Å²) in [5.74, 6) is 0.363. The van der Waals surface area contributed by atoms with E-state index in [1.54, 1.807) is 17.1 Å². The molecule has 1 aromatic carbocycles. The van der Waals surface area contributed by atoms with Gasteiger partial charge in [-0.3, -0.25) is 4.98 Å². The fraction of sp³-hybridized carbons (Fsp3) is 0.150. The third kappa shape index (κ3) is 2.60. The van der Waals surface area contributed by atoms with E-state index in [1.807, 2.05) is 49.4 Å². The molecule has 6 heteroatoms. The van der Waals surface area contributed by atoms with Crippen molar-refractivity contribution in [3.63, 3.8) is 0 Å². The molecule has 3 heterocycles. The Labute approximate surface area is 151 Å². The van der Waals surface area contributed by atoms with Crippen LogP contribution in [0.5, 0.6) is 5.88 Å². The van der Waals surface area contributed by atoms with Gasteiger partial charge in [-0.2, -0.15) is 10.4 Å². The van der Waals surface area contributed by atoms with Crippen molar-refractivity contribution in [2.75, 3.05) is 0 Å². The van der Waals surface area contributed by atoms with Crippen molar-refractivity contribution in [2.45, 2.75) is 19.4 Å². The van der Waals surface area contributed by atoms with Gasteiger partial charge >= 0.3 is 0 Å². The number of benzene rings is 1. The second-order valence-corrected chi connectivity index (χ2v) is 6.16. The summed E-state index contributed by atoms with van der Waals surface area (Å²) in [6.07, 6.45) is 3.45. The summed E-state index contributed by atoms with van der Waals surface area (Å²) in [5.41, 5.74) is 10.1. The first-order valence-electron chi connectivity index (χ1n) is 8.27. The lowest BCUT2D eigenvalue weighted by atomic mass is 9.85. The molecule has 0 saturated heterocycles. The van der Waals surface area contributed by atoms with Crippen LogP contribution < -0.4 is 10.5 Å². The van der Waals surface area contributed by atoms with E-state index in [4.69, 9.17) is 10.5 Å². The Morgan fingerprint density at radius 1 is 1.23 bits per heavy atom. The highest BCUT2D eigenvalue weighted by molar-refractivity contribution is 5.55. The van der Waals surface area contributed by atoms with Gasteiger partial charge in [-0.25, -0.2) is 4.68 Å². The van der Waals surface area contributed by atoms with Gasteiger partial charge in [0.25, 0.3) is 0 Å². The Morgan fingerprint density at radius 2 is 2.04 bits per heavy atom. The Bertz CT molecular complexity index is 1020. The largest absolute Gasteiger partial charge is 0.422 e. The van der Waals surface area contributed by atoms with E-state index in [-0.39, 0.29) is 11.8 Å². The van der Waals surface area contributed by atoms with Crippen molar-refractivity contribution in [1.29, 1.82) is 5.26 Å². The molecular formula is C20H17N5O. The van der Waals surface area contributed by atoms with Gasteiger partial charge in [0, 0.05) is 12.4 Å². The van der Waals surface area contributed by atoms with Gasteiger partial charge in [-0.1, -0.05) is 36.4 Å². The van der Waals surface area contributed by atoms with Crippen molar-refractivity contribution < 1.29 is 4.74 Å². The zero-order valence-electron chi connectivity index (χ0n) is 14.3. The molecule has 0 spiro atoms. The highest BCUT2D eigenvalue weighted by Crippen LogP contribution is 2.43. The predicted octanol–water partition coefficient (Wildman–Crippen LogP) is 2.85. The average Bonchev–Trinajstić information content (AvgIpc) is 2.97. The van der Waals surface area contributed by atoms with Crippen molar-refractivity contribution in [3.05, 3.63) is 88.7 Å². The first-order chi connectivity index (χ1) is 12.7. The summed E-state index contributed by atoms with van der Waals surface area (Å²) in [5, 5.41) is 14.3. The van der Waals surface area contributed by atoms with Crippen molar-refractivity contribution in [3.8, 4) is 11.9 Å². The van der Waals surface area contributed by atoms with Crippen LogP contribution in [0.25, 0.3) is 0 Å². The minimum absolute atomic E-state index is 0.114. The normalized spacial score (nSPS) is 15.9. The molecule has 26 heavy (non-hydrogen) atoms. The van der Waals surface area contributed by atoms with E-state index in [2.05, 4.69) is 16.2 Å². The number of hydrogen-bond donors (Lipinski definition) is 1. The van der Waals surface area contributed by atoms with Crippen LogP contribution in [-0.2, 0) is 6.54 Å². The first-order valence-corrected chi connectivity index (χ1v) is 8.27. The molecule has 2 N–H and O–H groups in total. The summed E-state index contributed by atoms with van der Waals surface area (Å²) in [6, 6.07) is 16.0. The molecule has 6 nitrogen and oxygen atoms in total. The third-order valence-electron chi connectivity index (χ3n) is 4.49. The van der Waals surface area contributed by atoms with E-state index in [1.165, 1.54) is 0 Å². The van der Waals surface area contributed by atoms with Crippen LogP contribution in [0.15, 0.2) is 66.3 Å². The number of nitrogens with zero attached hydrogens (tertiary/aromatic N) is 4. The van der Waals surface area contributed by atoms with Crippen LogP contribution >= 0.6 is 0 Å². The second-order valence-electron chi connectivity index (χ2n) is 6.16. The molecule has 0 amide bonds. The Kier molecular flexibility index (Phi) is 3.90. The van der Waals surface area contributed by atoms with Gasteiger partial charge in [-0.05, 0) is 24.1 Å². The minimum atomic E-state index is -0.332. The number of aryl methyl sites for hydroxylation is 1. The number of rotatable bonds is 3. The lowest BCUT2D eigenvalue weighted by Crippen LogP contribution is -2.22. The number of ether oxygens (including phenoxy) is 1. The maximum absolute atomic E-state index is 9.64. The lowest BCUT2D eigenvalue weighted by molar-refractivity contribution is 0.352. The van der Waals surface area contributed by atoms with Crippen molar-refractivity contribution in [1.82, 2.24) is 14.8 Å². The Balaban J connectivity index is 1.85. The van der Waals surface area contributed by atoms with Crippen LogP contribution in [-0.4, -0.2) is 14.8 Å². The van der Waals surface area contributed by atoms with E-state index < -0.39 is 0 Å². The summed E-state index contributed by atoms with van der Waals surface area (Å²) in [6.45, 7) is 2.48. The summed E-state index contributed by atoms with van der Waals surface area (Å²) < 4.78 is 7.62. The molecule has 0 saturated carbocycles. The molecule has 1 atom stereocenters. The highest BCUT2D eigenvalue weighted by atomic mass is 16.5. The number of aromatic nitrogens is 3. The van der Waals surface area contributed by atoms with Gasteiger partial charge in [0.15, 0.2) is 0 Å². The quantitative estimate of drug-likeness (QED) is 0.790. The molecule has 0 aliphatic carbocycles. The van der Waals surface area contributed by atoms with E-state index in [0.29, 0.717) is 18.0 Å². The molecule has 0 radical (unpaired) electrons.